The highest BCUT2D eigenvalue weighted by atomic mass is 79.9. The number of pyridine rings is 1. The zero-order chi connectivity index (χ0) is 24.9. The number of aliphatic carboxylic acids is 1. The summed E-state index contributed by atoms with van der Waals surface area (Å²) in [6.07, 6.45) is 6.19. The number of aromatic nitrogens is 1. The molecule has 2 heterocycles. The van der Waals surface area contributed by atoms with Crippen molar-refractivity contribution in [2.24, 2.45) is 5.92 Å². The van der Waals surface area contributed by atoms with Crippen LogP contribution in [0.3, 0.4) is 0 Å². The van der Waals surface area contributed by atoms with E-state index in [-0.39, 0.29) is 29.7 Å². The molecule has 1 amide bonds. The first-order valence-corrected chi connectivity index (χ1v) is 13.0. The molecule has 0 saturated heterocycles. The molecule has 1 aliphatic heterocycles. The number of carboxylic acid groups (broad SMARTS) is 1. The Bertz CT molecular complexity index is 1100. The molecule has 1 unspecified atom stereocenters. The first-order chi connectivity index (χ1) is 16.8. The maximum absolute atomic E-state index is 14.1. The summed E-state index contributed by atoms with van der Waals surface area (Å²) in [6.45, 7) is 1.16. The van der Waals surface area contributed by atoms with Gasteiger partial charge in [0, 0.05) is 29.7 Å². The molecule has 0 bridgehead atoms. The van der Waals surface area contributed by atoms with Gasteiger partial charge in [0.2, 0.25) is 0 Å². The van der Waals surface area contributed by atoms with E-state index in [9.17, 15) is 19.1 Å². The summed E-state index contributed by atoms with van der Waals surface area (Å²) in [5.41, 5.74) is 2.00. The topological polar surface area (TPSA) is 101 Å². The molecule has 0 radical (unpaired) electrons. The number of ether oxygens (including phenoxy) is 1. The van der Waals surface area contributed by atoms with Crippen molar-refractivity contribution in [3.05, 3.63) is 56.4 Å². The molecule has 1 aliphatic carbocycles. The summed E-state index contributed by atoms with van der Waals surface area (Å²) >= 11 is 9.15. The Morgan fingerprint density at radius 3 is 2.89 bits per heavy atom. The Labute approximate surface area is 216 Å². The normalized spacial score (nSPS) is 19.7. The number of hydrogen-bond acceptors (Lipinski definition) is 5. The number of rotatable bonds is 10. The third-order valence-electron chi connectivity index (χ3n) is 6.59. The van der Waals surface area contributed by atoms with E-state index < -0.39 is 23.7 Å². The van der Waals surface area contributed by atoms with E-state index in [2.05, 4.69) is 38.7 Å². The van der Waals surface area contributed by atoms with Gasteiger partial charge in [0.25, 0.3) is 5.91 Å². The highest BCUT2D eigenvalue weighted by molar-refractivity contribution is 9.10. The van der Waals surface area contributed by atoms with Crippen molar-refractivity contribution in [3.63, 3.8) is 0 Å². The summed E-state index contributed by atoms with van der Waals surface area (Å²) in [7, 11) is 0. The predicted molar refractivity (Wildman–Crippen MR) is 134 cm³/mol. The fourth-order valence-electron chi connectivity index (χ4n) is 4.48. The lowest BCUT2D eigenvalue weighted by Gasteiger charge is -2.35. The van der Waals surface area contributed by atoms with Crippen LogP contribution in [0.4, 0.5) is 10.2 Å². The van der Waals surface area contributed by atoms with E-state index in [0.717, 1.165) is 62.6 Å². The summed E-state index contributed by atoms with van der Waals surface area (Å²) in [6, 6.07) is 5.55. The minimum atomic E-state index is -1.22. The van der Waals surface area contributed by atoms with Crippen LogP contribution in [0.2, 0.25) is 5.02 Å². The molecule has 1 atom stereocenters. The average Bonchev–Trinajstić information content (AvgIpc) is 2.81. The number of hydrogen-bond donors (Lipinski definition) is 3. The van der Waals surface area contributed by atoms with E-state index in [1.165, 1.54) is 11.6 Å². The SMILES string of the molecule is O=C(NC(CCOC1CC(CCc2ccc3c(n2)NCCC3)C1)C(=O)O)c1c(F)ccc(Br)c1Cl. The second-order valence-electron chi connectivity index (χ2n) is 9.08. The maximum atomic E-state index is 14.1. The van der Waals surface area contributed by atoms with E-state index in [1.807, 2.05) is 0 Å². The Balaban J connectivity index is 1.18. The van der Waals surface area contributed by atoms with Crippen molar-refractivity contribution in [2.45, 2.75) is 57.1 Å². The van der Waals surface area contributed by atoms with Crippen LogP contribution in [0, 0.1) is 11.7 Å². The fourth-order valence-corrected chi connectivity index (χ4v) is 5.05. The van der Waals surface area contributed by atoms with Gasteiger partial charge < -0.3 is 20.5 Å². The number of anilines is 1. The first kappa shape index (κ1) is 25.9. The molecular formula is C25H28BrClFN3O4. The molecule has 35 heavy (non-hydrogen) atoms. The van der Waals surface area contributed by atoms with Crippen molar-refractivity contribution in [2.75, 3.05) is 18.5 Å². The van der Waals surface area contributed by atoms with Gasteiger partial charge in [0.1, 0.15) is 17.7 Å². The van der Waals surface area contributed by atoms with Crippen LogP contribution < -0.4 is 10.6 Å². The number of fused-ring (bicyclic) bond motifs is 1. The van der Waals surface area contributed by atoms with Gasteiger partial charge in [-0.05, 0) is 84.1 Å². The number of halogens is 3. The van der Waals surface area contributed by atoms with Gasteiger partial charge in [-0.25, -0.2) is 14.2 Å². The van der Waals surface area contributed by atoms with E-state index in [1.54, 1.807) is 0 Å². The minimum absolute atomic E-state index is 0.0710. The smallest absolute Gasteiger partial charge is 0.326 e. The molecule has 7 nitrogen and oxygen atoms in total. The molecule has 1 aromatic carbocycles. The minimum Gasteiger partial charge on any atom is -0.480 e. The van der Waals surface area contributed by atoms with Crippen molar-refractivity contribution >= 4 is 45.2 Å². The van der Waals surface area contributed by atoms with Gasteiger partial charge in [-0.3, -0.25) is 4.79 Å². The molecule has 2 aliphatic rings. The molecule has 3 N–H and O–H groups in total. The lowest BCUT2D eigenvalue weighted by Crippen LogP contribution is -2.42. The van der Waals surface area contributed by atoms with Crippen LogP contribution in [0.25, 0.3) is 0 Å². The number of nitrogens with zero attached hydrogens (tertiary/aromatic N) is 1. The second-order valence-corrected chi connectivity index (χ2v) is 10.3. The van der Waals surface area contributed by atoms with Crippen LogP contribution in [-0.2, 0) is 22.4 Å². The molecule has 0 spiro atoms. The van der Waals surface area contributed by atoms with Gasteiger partial charge in [-0.15, -0.1) is 0 Å². The number of carbonyl (C=O) groups excluding carboxylic acids is 1. The zero-order valence-electron chi connectivity index (χ0n) is 19.2. The largest absolute Gasteiger partial charge is 0.480 e. The molecule has 10 heteroatoms. The van der Waals surface area contributed by atoms with Crippen molar-refractivity contribution in [1.29, 1.82) is 0 Å². The third kappa shape index (κ3) is 6.51. The van der Waals surface area contributed by atoms with Crippen LogP contribution in [0.1, 0.15) is 53.7 Å². The number of nitrogens with one attached hydrogen (secondary N) is 2. The highest BCUT2D eigenvalue weighted by Crippen LogP contribution is 2.34. The monoisotopic (exact) mass is 567 g/mol. The van der Waals surface area contributed by atoms with E-state index in [4.69, 9.17) is 21.3 Å². The van der Waals surface area contributed by atoms with Crippen molar-refractivity contribution in [1.82, 2.24) is 10.3 Å². The summed E-state index contributed by atoms with van der Waals surface area (Å²) < 4.78 is 20.2. The lowest BCUT2D eigenvalue weighted by atomic mass is 9.79. The molecule has 1 aromatic heterocycles. The number of amides is 1. The molecule has 2 aromatic rings. The molecule has 4 rings (SSSR count). The van der Waals surface area contributed by atoms with Crippen molar-refractivity contribution < 1.29 is 23.8 Å². The Morgan fingerprint density at radius 2 is 2.11 bits per heavy atom. The van der Waals surface area contributed by atoms with Gasteiger partial charge in [-0.2, -0.15) is 0 Å². The number of aryl methyl sites for hydroxylation is 2. The average molecular weight is 569 g/mol. The predicted octanol–water partition coefficient (Wildman–Crippen LogP) is 5.00. The Kier molecular flexibility index (Phi) is 8.62. The first-order valence-electron chi connectivity index (χ1n) is 11.8. The van der Waals surface area contributed by atoms with Gasteiger partial charge in [0.05, 0.1) is 16.7 Å². The number of carbonyl (C=O) groups is 2. The Hall–Kier alpha value is -2.23. The highest BCUT2D eigenvalue weighted by Gasteiger charge is 2.31. The quantitative estimate of drug-likeness (QED) is 0.349. The molecule has 1 saturated carbocycles. The fraction of sp³-hybridized carbons (Fsp3) is 0.480. The number of carboxylic acids is 1. The standard InChI is InChI=1S/C25H28BrClFN3O4/c26-18-7-8-19(28)21(22(18)27)24(32)31-20(25(33)34)9-11-35-17-12-14(13-17)3-5-16-6-4-15-2-1-10-29-23(15)30-16/h4,6-8,14,17,20H,1-3,5,9-13H2,(H,29,30)(H,31,32)(H,33,34). The van der Waals surface area contributed by atoms with E-state index >= 15 is 0 Å². The third-order valence-corrected chi connectivity index (χ3v) is 7.87. The van der Waals surface area contributed by atoms with Gasteiger partial charge in [-0.1, -0.05) is 17.7 Å². The van der Waals surface area contributed by atoms with Crippen LogP contribution in [0.15, 0.2) is 28.7 Å². The van der Waals surface area contributed by atoms with Crippen LogP contribution in [-0.4, -0.2) is 47.3 Å². The summed E-state index contributed by atoms with van der Waals surface area (Å²) in [5, 5.41) is 15.1. The van der Waals surface area contributed by atoms with Gasteiger partial charge >= 0.3 is 5.97 Å². The van der Waals surface area contributed by atoms with Crippen LogP contribution in [0.5, 0.6) is 0 Å². The Morgan fingerprint density at radius 1 is 1.31 bits per heavy atom. The maximum Gasteiger partial charge on any atom is 0.326 e. The summed E-state index contributed by atoms with van der Waals surface area (Å²) in [4.78, 5) is 28.8. The lowest BCUT2D eigenvalue weighted by molar-refractivity contribution is -0.140. The second kappa shape index (κ2) is 11.7. The van der Waals surface area contributed by atoms with Crippen molar-refractivity contribution in [3.8, 4) is 0 Å². The zero-order valence-corrected chi connectivity index (χ0v) is 21.5. The molecular weight excluding hydrogens is 541 g/mol. The number of benzene rings is 1. The van der Waals surface area contributed by atoms with Crippen LogP contribution >= 0.6 is 27.5 Å². The van der Waals surface area contributed by atoms with Gasteiger partial charge in [0.15, 0.2) is 0 Å². The van der Waals surface area contributed by atoms with E-state index in [0.29, 0.717) is 10.4 Å². The molecule has 188 valence electrons. The summed E-state index contributed by atoms with van der Waals surface area (Å²) in [5.74, 6) is -1.34. The molecule has 1 fully saturated rings.